The lowest BCUT2D eigenvalue weighted by Gasteiger charge is -2.35. The topological polar surface area (TPSA) is 88.8 Å². The number of pyridine rings is 1. The van der Waals surface area contributed by atoms with Crippen molar-refractivity contribution in [2.24, 2.45) is 5.92 Å². The van der Waals surface area contributed by atoms with Gasteiger partial charge in [-0.05, 0) is 127 Å². The molecule has 8 nitrogen and oxygen atoms in total. The molecule has 8 heteroatoms. The molecular formula is C36H47N5O3. The summed E-state index contributed by atoms with van der Waals surface area (Å²) in [6.45, 7) is 11.4. The van der Waals surface area contributed by atoms with Crippen LogP contribution in [-0.2, 0) is 17.9 Å². The van der Waals surface area contributed by atoms with Crippen LogP contribution in [0.1, 0.15) is 70.9 Å². The van der Waals surface area contributed by atoms with Crippen LogP contribution in [0.3, 0.4) is 0 Å². The molecule has 0 spiro atoms. The van der Waals surface area contributed by atoms with Gasteiger partial charge in [0, 0.05) is 54.1 Å². The van der Waals surface area contributed by atoms with Crippen molar-refractivity contribution in [3.63, 3.8) is 0 Å². The first-order valence-electron chi connectivity index (χ1n) is 16.0. The van der Waals surface area contributed by atoms with Crippen molar-refractivity contribution in [1.29, 1.82) is 0 Å². The monoisotopic (exact) mass is 597 g/mol. The molecule has 1 aromatic heterocycles. The van der Waals surface area contributed by atoms with Crippen molar-refractivity contribution in [1.82, 2.24) is 20.1 Å². The zero-order valence-corrected chi connectivity index (χ0v) is 27.1. The van der Waals surface area contributed by atoms with Crippen LogP contribution in [0.5, 0.6) is 0 Å². The average molecular weight is 598 g/mol. The fraction of sp³-hybridized carbons (Fsp3) is 0.472. The molecule has 0 atom stereocenters. The minimum absolute atomic E-state index is 0.0635. The number of nitrogens with zero attached hydrogens (tertiary/aromatic N) is 3. The number of H-pyrrole nitrogens is 1. The summed E-state index contributed by atoms with van der Waals surface area (Å²) >= 11 is 0. The van der Waals surface area contributed by atoms with Gasteiger partial charge in [0.15, 0.2) is 0 Å². The Bertz CT molecular complexity index is 1560. The number of carbonyl (C=O) groups excluding carboxylic acids is 2. The summed E-state index contributed by atoms with van der Waals surface area (Å²) in [5.41, 5.74) is 7.16. The van der Waals surface area contributed by atoms with Gasteiger partial charge in [0.05, 0.1) is 0 Å². The summed E-state index contributed by atoms with van der Waals surface area (Å²) in [5, 5.41) is 2.98. The Kier molecular flexibility index (Phi) is 9.71. The Morgan fingerprint density at radius 1 is 0.955 bits per heavy atom. The second-order valence-electron chi connectivity index (χ2n) is 12.8. The predicted octanol–water partition coefficient (Wildman–Crippen LogP) is 5.19. The quantitative estimate of drug-likeness (QED) is 0.336. The maximum atomic E-state index is 13.7. The van der Waals surface area contributed by atoms with E-state index >= 15 is 0 Å². The number of aromatic amines is 1. The molecular weight excluding hydrogens is 550 g/mol. The van der Waals surface area contributed by atoms with Gasteiger partial charge in [-0.15, -0.1) is 0 Å². The van der Waals surface area contributed by atoms with Gasteiger partial charge < -0.3 is 20.1 Å². The number of hydrogen-bond donors (Lipinski definition) is 2. The van der Waals surface area contributed by atoms with Gasteiger partial charge in [0.1, 0.15) is 0 Å². The summed E-state index contributed by atoms with van der Waals surface area (Å²) < 4.78 is 0. The highest BCUT2D eigenvalue weighted by atomic mass is 16.2. The van der Waals surface area contributed by atoms with E-state index in [1.54, 1.807) is 0 Å². The molecule has 0 radical (unpaired) electrons. The highest BCUT2D eigenvalue weighted by Crippen LogP contribution is 2.36. The molecule has 2 aromatic carbocycles. The molecule has 2 heterocycles. The number of hydrogen-bond acceptors (Lipinski definition) is 5. The molecule has 0 unspecified atom stereocenters. The smallest absolute Gasteiger partial charge is 0.253 e. The third-order valence-corrected chi connectivity index (χ3v) is 9.32. The van der Waals surface area contributed by atoms with Crippen LogP contribution in [-0.4, -0.2) is 66.4 Å². The Balaban J connectivity index is 1.41. The Labute approximate surface area is 261 Å². The van der Waals surface area contributed by atoms with Crippen molar-refractivity contribution in [2.75, 3.05) is 38.6 Å². The van der Waals surface area contributed by atoms with E-state index in [0.717, 1.165) is 66.1 Å². The molecule has 3 aromatic rings. The number of nitrogens with one attached hydrogen (secondary N) is 2. The molecule has 2 N–H and O–H groups in total. The van der Waals surface area contributed by atoms with Crippen molar-refractivity contribution in [2.45, 2.75) is 72.5 Å². The lowest BCUT2D eigenvalue weighted by atomic mass is 9.95. The van der Waals surface area contributed by atoms with E-state index in [1.165, 1.54) is 18.4 Å². The van der Waals surface area contributed by atoms with Crippen LogP contribution in [0.2, 0.25) is 0 Å². The first kappa shape index (κ1) is 31.7. The highest BCUT2D eigenvalue weighted by Gasteiger charge is 2.34. The summed E-state index contributed by atoms with van der Waals surface area (Å²) in [7, 11) is 4.33. The SMILES string of the molecule is CCN(C(=O)C1CC1)c1cc(-c2ccc(CN3CCC(N(C)C)CC3)cc2)cc(C(=O)NCc2c(C)cc(C)[nH]c2=O)c1C. The van der Waals surface area contributed by atoms with Crippen molar-refractivity contribution in [3.05, 3.63) is 86.3 Å². The second-order valence-corrected chi connectivity index (χ2v) is 12.8. The maximum Gasteiger partial charge on any atom is 0.253 e. The number of benzene rings is 2. The average Bonchev–Trinajstić information content (AvgIpc) is 3.84. The van der Waals surface area contributed by atoms with Crippen LogP contribution < -0.4 is 15.8 Å². The summed E-state index contributed by atoms with van der Waals surface area (Å²) in [5.74, 6) is -0.0828. The molecule has 2 amide bonds. The van der Waals surface area contributed by atoms with Gasteiger partial charge in [-0.2, -0.15) is 0 Å². The fourth-order valence-electron chi connectivity index (χ4n) is 6.40. The van der Waals surface area contributed by atoms with Crippen molar-refractivity contribution < 1.29 is 9.59 Å². The Morgan fingerprint density at radius 2 is 1.64 bits per heavy atom. The molecule has 234 valence electrons. The third-order valence-electron chi connectivity index (χ3n) is 9.32. The van der Waals surface area contributed by atoms with Gasteiger partial charge in [0.25, 0.3) is 11.5 Å². The van der Waals surface area contributed by atoms with E-state index in [4.69, 9.17) is 0 Å². The number of amides is 2. The number of piperidine rings is 1. The van der Waals surface area contributed by atoms with Gasteiger partial charge in [0.2, 0.25) is 5.91 Å². The van der Waals surface area contributed by atoms with Crippen LogP contribution >= 0.6 is 0 Å². The number of carbonyl (C=O) groups is 2. The zero-order chi connectivity index (χ0) is 31.5. The number of rotatable bonds is 10. The molecule has 5 rings (SSSR count). The molecule has 0 bridgehead atoms. The molecule has 2 aliphatic rings. The fourth-order valence-corrected chi connectivity index (χ4v) is 6.40. The standard InChI is InChI=1S/C36H47N5O3/c1-7-41(36(44)28-12-13-28)33-20-29(27-10-8-26(9-11-27)22-40-16-14-30(15-17-40)39(5)6)19-31(25(33)4)34(42)37-21-32-23(2)18-24(3)38-35(32)43/h8-11,18-20,28,30H,7,12-17,21-22H2,1-6H3,(H,37,42)(H,38,43). The Morgan fingerprint density at radius 3 is 2.23 bits per heavy atom. The predicted molar refractivity (Wildman–Crippen MR) is 177 cm³/mol. The summed E-state index contributed by atoms with van der Waals surface area (Å²) in [6.07, 6.45) is 4.21. The van der Waals surface area contributed by atoms with E-state index < -0.39 is 0 Å². The van der Waals surface area contributed by atoms with Crippen LogP contribution in [0.15, 0.2) is 47.3 Å². The summed E-state index contributed by atoms with van der Waals surface area (Å²) in [6, 6.07) is 15.1. The second kappa shape index (κ2) is 13.5. The molecule has 1 aliphatic heterocycles. The van der Waals surface area contributed by atoms with Gasteiger partial charge in [-0.3, -0.25) is 19.3 Å². The van der Waals surface area contributed by atoms with Crippen molar-refractivity contribution in [3.8, 4) is 11.1 Å². The van der Waals surface area contributed by atoms with Crippen LogP contribution in [0, 0.1) is 26.7 Å². The first-order valence-corrected chi connectivity index (χ1v) is 16.0. The largest absolute Gasteiger partial charge is 0.348 e. The van der Waals surface area contributed by atoms with E-state index in [2.05, 4.69) is 58.5 Å². The molecule has 1 saturated carbocycles. The third kappa shape index (κ3) is 7.13. The lowest BCUT2D eigenvalue weighted by molar-refractivity contribution is -0.119. The summed E-state index contributed by atoms with van der Waals surface area (Å²) in [4.78, 5) is 49.1. The number of aryl methyl sites for hydroxylation is 2. The molecule has 1 saturated heterocycles. The lowest BCUT2D eigenvalue weighted by Crippen LogP contribution is -2.41. The Hall–Kier alpha value is -3.75. The molecule has 2 fully saturated rings. The van der Waals surface area contributed by atoms with Gasteiger partial charge in [-0.1, -0.05) is 24.3 Å². The van der Waals surface area contributed by atoms with E-state index in [1.807, 2.05) is 50.8 Å². The van der Waals surface area contributed by atoms with Gasteiger partial charge in [-0.25, -0.2) is 0 Å². The van der Waals surface area contributed by atoms with E-state index in [-0.39, 0.29) is 29.8 Å². The maximum absolute atomic E-state index is 13.7. The highest BCUT2D eigenvalue weighted by molar-refractivity contribution is 6.03. The van der Waals surface area contributed by atoms with E-state index in [9.17, 15) is 14.4 Å². The molecule has 44 heavy (non-hydrogen) atoms. The minimum atomic E-state index is -0.266. The number of likely N-dealkylation sites (tertiary alicyclic amines) is 1. The van der Waals surface area contributed by atoms with Crippen LogP contribution in [0.25, 0.3) is 11.1 Å². The van der Waals surface area contributed by atoms with E-state index in [0.29, 0.717) is 23.7 Å². The minimum Gasteiger partial charge on any atom is -0.348 e. The first-order chi connectivity index (χ1) is 21.0. The van der Waals surface area contributed by atoms with Crippen molar-refractivity contribution >= 4 is 17.5 Å². The number of anilines is 1. The zero-order valence-electron chi connectivity index (χ0n) is 27.1. The van der Waals surface area contributed by atoms with Crippen LogP contribution in [0.4, 0.5) is 5.69 Å². The number of aromatic nitrogens is 1. The normalized spacial score (nSPS) is 15.9. The van der Waals surface area contributed by atoms with Gasteiger partial charge >= 0.3 is 0 Å². The molecule has 1 aliphatic carbocycles.